The molecule has 0 radical (unpaired) electrons. The normalized spacial score (nSPS) is 12.4. The summed E-state index contributed by atoms with van der Waals surface area (Å²) in [5, 5.41) is 4.82. The maximum atomic E-state index is 11.8. The minimum Gasteiger partial charge on any atom is -0.397 e. The summed E-state index contributed by atoms with van der Waals surface area (Å²) in [7, 11) is 0. The average Bonchev–Trinajstić information content (AvgIpc) is 2.75. The van der Waals surface area contributed by atoms with Crippen LogP contribution in [0.3, 0.4) is 0 Å². The summed E-state index contributed by atoms with van der Waals surface area (Å²) in [6.45, 7) is 5.12. The van der Waals surface area contributed by atoms with Crippen LogP contribution in [-0.2, 0) is 0 Å². The molecule has 1 unspecified atom stereocenters. The SMILES string of the molecule is CCCCC(CC)CNC(=O)c1sccc1N. The van der Waals surface area contributed by atoms with Gasteiger partial charge in [-0.15, -0.1) is 11.3 Å². The number of amides is 1. The van der Waals surface area contributed by atoms with Crippen LogP contribution in [0.1, 0.15) is 49.2 Å². The van der Waals surface area contributed by atoms with Crippen molar-refractivity contribution in [3.63, 3.8) is 0 Å². The van der Waals surface area contributed by atoms with Crippen molar-refractivity contribution in [2.45, 2.75) is 39.5 Å². The molecule has 1 atom stereocenters. The summed E-state index contributed by atoms with van der Waals surface area (Å²) in [5.74, 6) is 0.549. The number of carbonyl (C=O) groups excluding carboxylic acids is 1. The number of unbranched alkanes of at least 4 members (excludes halogenated alkanes) is 1. The van der Waals surface area contributed by atoms with Crippen molar-refractivity contribution in [1.29, 1.82) is 0 Å². The Labute approximate surface area is 107 Å². The van der Waals surface area contributed by atoms with Crippen LogP contribution >= 0.6 is 11.3 Å². The molecule has 0 aromatic carbocycles. The summed E-state index contributed by atoms with van der Waals surface area (Å²) in [4.78, 5) is 12.5. The largest absolute Gasteiger partial charge is 0.397 e. The van der Waals surface area contributed by atoms with E-state index in [4.69, 9.17) is 5.73 Å². The molecule has 0 aliphatic rings. The van der Waals surface area contributed by atoms with E-state index in [9.17, 15) is 4.79 Å². The Bertz CT molecular complexity index is 349. The Morgan fingerprint density at radius 2 is 2.29 bits per heavy atom. The van der Waals surface area contributed by atoms with Crippen LogP contribution in [-0.4, -0.2) is 12.5 Å². The van der Waals surface area contributed by atoms with Crippen molar-refractivity contribution in [1.82, 2.24) is 5.32 Å². The van der Waals surface area contributed by atoms with E-state index in [1.54, 1.807) is 6.07 Å². The van der Waals surface area contributed by atoms with Crippen molar-refractivity contribution < 1.29 is 4.79 Å². The lowest BCUT2D eigenvalue weighted by molar-refractivity contribution is 0.0950. The Kier molecular flexibility index (Phi) is 6.05. The third-order valence-electron chi connectivity index (χ3n) is 3.00. The molecule has 96 valence electrons. The fourth-order valence-electron chi connectivity index (χ4n) is 1.76. The number of nitrogens with two attached hydrogens (primary N) is 1. The van der Waals surface area contributed by atoms with Gasteiger partial charge in [-0.1, -0.05) is 33.1 Å². The van der Waals surface area contributed by atoms with E-state index in [-0.39, 0.29) is 5.91 Å². The van der Waals surface area contributed by atoms with Gasteiger partial charge in [-0.05, 0) is 23.8 Å². The van der Waals surface area contributed by atoms with E-state index in [0.717, 1.165) is 13.0 Å². The maximum absolute atomic E-state index is 11.8. The van der Waals surface area contributed by atoms with Gasteiger partial charge in [-0.3, -0.25) is 4.79 Å². The maximum Gasteiger partial charge on any atom is 0.263 e. The molecule has 0 saturated heterocycles. The molecule has 0 saturated carbocycles. The first kappa shape index (κ1) is 14.0. The molecule has 1 rings (SSSR count). The number of thiophene rings is 1. The standard InChI is InChI=1S/C13H22N2OS/c1-3-5-6-10(4-2)9-15-13(16)12-11(14)7-8-17-12/h7-8,10H,3-6,9,14H2,1-2H3,(H,15,16). The van der Waals surface area contributed by atoms with Crippen molar-refractivity contribution >= 4 is 22.9 Å². The van der Waals surface area contributed by atoms with Gasteiger partial charge in [0.1, 0.15) is 4.88 Å². The molecule has 1 aromatic rings. The molecule has 3 nitrogen and oxygen atoms in total. The molecule has 0 aliphatic heterocycles. The predicted octanol–water partition coefficient (Wildman–Crippen LogP) is 3.28. The Morgan fingerprint density at radius 3 is 2.82 bits per heavy atom. The molecule has 0 aliphatic carbocycles. The fraction of sp³-hybridized carbons (Fsp3) is 0.615. The van der Waals surface area contributed by atoms with Crippen molar-refractivity contribution in [3.8, 4) is 0 Å². The van der Waals surface area contributed by atoms with Gasteiger partial charge in [-0.25, -0.2) is 0 Å². The lowest BCUT2D eigenvalue weighted by Gasteiger charge is -2.14. The number of hydrogen-bond acceptors (Lipinski definition) is 3. The molecule has 3 N–H and O–H groups in total. The highest BCUT2D eigenvalue weighted by Crippen LogP contribution is 2.19. The molecule has 17 heavy (non-hydrogen) atoms. The van der Waals surface area contributed by atoms with Crippen molar-refractivity contribution in [2.24, 2.45) is 5.92 Å². The number of hydrogen-bond donors (Lipinski definition) is 2. The predicted molar refractivity (Wildman–Crippen MR) is 74.4 cm³/mol. The van der Waals surface area contributed by atoms with Crippen LogP contribution in [0.4, 0.5) is 5.69 Å². The minimum atomic E-state index is -0.0348. The van der Waals surface area contributed by atoms with Gasteiger partial charge >= 0.3 is 0 Å². The molecule has 0 bridgehead atoms. The summed E-state index contributed by atoms with van der Waals surface area (Å²) < 4.78 is 0. The summed E-state index contributed by atoms with van der Waals surface area (Å²) in [5.41, 5.74) is 6.29. The Balaban J connectivity index is 2.39. The lowest BCUT2D eigenvalue weighted by Crippen LogP contribution is -2.29. The van der Waals surface area contributed by atoms with Crippen LogP contribution in [0, 0.1) is 5.92 Å². The molecule has 0 spiro atoms. The first-order chi connectivity index (χ1) is 8.19. The van der Waals surface area contributed by atoms with Crippen LogP contribution in [0.15, 0.2) is 11.4 Å². The van der Waals surface area contributed by atoms with E-state index in [1.807, 2.05) is 5.38 Å². The second-order valence-corrected chi connectivity index (χ2v) is 5.25. The van der Waals surface area contributed by atoms with Crippen LogP contribution in [0.25, 0.3) is 0 Å². The second-order valence-electron chi connectivity index (χ2n) is 4.33. The van der Waals surface area contributed by atoms with Gasteiger partial charge in [0.15, 0.2) is 0 Å². The van der Waals surface area contributed by atoms with E-state index in [2.05, 4.69) is 19.2 Å². The third-order valence-corrected chi connectivity index (χ3v) is 3.93. The number of nitrogens with one attached hydrogen (secondary N) is 1. The summed E-state index contributed by atoms with van der Waals surface area (Å²) >= 11 is 1.40. The van der Waals surface area contributed by atoms with E-state index in [1.165, 1.54) is 30.6 Å². The summed E-state index contributed by atoms with van der Waals surface area (Å²) in [6, 6.07) is 1.77. The van der Waals surface area contributed by atoms with Gasteiger partial charge in [0.05, 0.1) is 5.69 Å². The number of carbonyl (C=O) groups is 1. The van der Waals surface area contributed by atoms with Gasteiger partial charge in [-0.2, -0.15) is 0 Å². The van der Waals surface area contributed by atoms with Crippen LogP contribution in [0.5, 0.6) is 0 Å². The molecule has 4 heteroatoms. The number of nitrogen functional groups attached to an aromatic ring is 1. The van der Waals surface area contributed by atoms with E-state index in [0.29, 0.717) is 16.5 Å². The zero-order valence-corrected chi connectivity index (χ0v) is 11.5. The lowest BCUT2D eigenvalue weighted by atomic mass is 9.99. The first-order valence-corrected chi connectivity index (χ1v) is 7.18. The molecular formula is C13H22N2OS. The molecular weight excluding hydrogens is 232 g/mol. The van der Waals surface area contributed by atoms with E-state index >= 15 is 0 Å². The van der Waals surface area contributed by atoms with Gasteiger partial charge < -0.3 is 11.1 Å². The highest BCUT2D eigenvalue weighted by atomic mass is 32.1. The minimum absolute atomic E-state index is 0.0348. The molecule has 1 heterocycles. The Morgan fingerprint density at radius 1 is 1.53 bits per heavy atom. The monoisotopic (exact) mass is 254 g/mol. The number of rotatable bonds is 7. The van der Waals surface area contributed by atoms with Gasteiger partial charge in [0.25, 0.3) is 5.91 Å². The molecule has 0 fully saturated rings. The second kappa shape index (κ2) is 7.33. The number of anilines is 1. The average molecular weight is 254 g/mol. The fourth-order valence-corrected chi connectivity index (χ4v) is 2.50. The van der Waals surface area contributed by atoms with Crippen LogP contribution < -0.4 is 11.1 Å². The van der Waals surface area contributed by atoms with Crippen molar-refractivity contribution in [3.05, 3.63) is 16.3 Å². The molecule has 1 amide bonds. The topological polar surface area (TPSA) is 55.1 Å². The van der Waals surface area contributed by atoms with Crippen molar-refractivity contribution in [2.75, 3.05) is 12.3 Å². The van der Waals surface area contributed by atoms with Crippen LogP contribution in [0.2, 0.25) is 0 Å². The Hall–Kier alpha value is -1.03. The summed E-state index contributed by atoms with van der Waals surface area (Å²) in [6.07, 6.45) is 4.74. The smallest absolute Gasteiger partial charge is 0.263 e. The van der Waals surface area contributed by atoms with Gasteiger partial charge in [0.2, 0.25) is 0 Å². The zero-order valence-electron chi connectivity index (χ0n) is 10.7. The van der Waals surface area contributed by atoms with E-state index < -0.39 is 0 Å². The van der Waals surface area contributed by atoms with Gasteiger partial charge in [0, 0.05) is 6.54 Å². The third kappa shape index (κ3) is 4.38. The highest BCUT2D eigenvalue weighted by Gasteiger charge is 2.13. The first-order valence-electron chi connectivity index (χ1n) is 6.30. The molecule has 1 aromatic heterocycles. The highest BCUT2D eigenvalue weighted by molar-refractivity contribution is 7.12. The quantitative estimate of drug-likeness (QED) is 0.784. The zero-order chi connectivity index (χ0) is 12.7.